The minimum Gasteiger partial charge on any atom is -0.369 e. The number of nitrogens with one attached hydrogen (secondary N) is 1. The predicted molar refractivity (Wildman–Crippen MR) is 169 cm³/mol. The number of anilines is 1. The van der Waals surface area contributed by atoms with Crippen molar-refractivity contribution in [2.24, 2.45) is 0 Å². The smallest absolute Gasteiger partial charge is 0.219 e. The number of nitrogens with zero attached hydrogens (tertiary/aromatic N) is 4. The number of benzene rings is 3. The Bertz CT molecular complexity index is 1840. The van der Waals surface area contributed by atoms with E-state index in [9.17, 15) is 8.42 Å². The molecule has 0 amide bonds. The van der Waals surface area contributed by atoms with Gasteiger partial charge in [-0.2, -0.15) is 4.31 Å². The SMILES string of the molecule is Cc1ccc(CS(=O)(=O)N2Cc3ccc(-c4ccc(N5CCN(C)CC5)cc4)cc3[C@@H]2c2c[nH]c3ncccc23)cc1. The third-order valence-corrected chi connectivity index (χ3v) is 10.5. The van der Waals surface area contributed by atoms with Crippen LogP contribution >= 0.6 is 0 Å². The molecule has 4 heterocycles. The average molecular weight is 578 g/mol. The lowest BCUT2D eigenvalue weighted by Crippen LogP contribution is -2.44. The van der Waals surface area contributed by atoms with Crippen LogP contribution in [0.15, 0.2) is 91.3 Å². The van der Waals surface area contributed by atoms with Gasteiger partial charge < -0.3 is 14.8 Å². The molecule has 7 nitrogen and oxygen atoms in total. The zero-order valence-electron chi connectivity index (χ0n) is 24.0. The summed E-state index contributed by atoms with van der Waals surface area (Å²) >= 11 is 0. The molecular weight excluding hydrogens is 542 g/mol. The number of aromatic amines is 1. The van der Waals surface area contributed by atoms with Crippen molar-refractivity contribution in [2.45, 2.75) is 25.3 Å². The minimum absolute atomic E-state index is 0.0427. The molecule has 5 aromatic rings. The molecule has 0 aliphatic carbocycles. The average Bonchev–Trinajstić information content (AvgIpc) is 3.60. The van der Waals surface area contributed by atoms with Crippen molar-refractivity contribution in [3.05, 3.63) is 119 Å². The number of aromatic nitrogens is 2. The molecule has 1 atom stereocenters. The number of pyridine rings is 1. The van der Waals surface area contributed by atoms with Gasteiger partial charge in [0.15, 0.2) is 0 Å². The Kier molecular flexibility index (Phi) is 6.85. The molecule has 2 aromatic heterocycles. The summed E-state index contributed by atoms with van der Waals surface area (Å²) in [5.74, 6) is -0.0427. The first kappa shape index (κ1) is 26.9. The lowest BCUT2D eigenvalue weighted by molar-refractivity contribution is 0.313. The molecule has 3 aromatic carbocycles. The van der Waals surface area contributed by atoms with E-state index in [1.807, 2.05) is 49.5 Å². The van der Waals surface area contributed by atoms with Crippen LogP contribution in [0.1, 0.15) is 33.9 Å². The van der Waals surface area contributed by atoms with Crippen molar-refractivity contribution in [2.75, 3.05) is 38.1 Å². The highest BCUT2D eigenvalue weighted by atomic mass is 32.2. The van der Waals surface area contributed by atoms with Gasteiger partial charge in [0, 0.05) is 61.8 Å². The van der Waals surface area contributed by atoms with Gasteiger partial charge in [0.1, 0.15) is 5.65 Å². The summed E-state index contributed by atoms with van der Waals surface area (Å²) < 4.78 is 29.8. The number of piperazine rings is 1. The Hall–Kier alpha value is -3.98. The zero-order chi connectivity index (χ0) is 28.8. The molecule has 0 spiro atoms. The Morgan fingerprint density at radius 1 is 0.881 bits per heavy atom. The van der Waals surface area contributed by atoms with E-state index in [-0.39, 0.29) is 5.75 Å². The fraction of sp³-hybridized carbons (Fsp3) is 0.265. The summed E-state index contributed by atoms with van der Waals surface area (Å²) in [5, 5.41) is 0.938. The molecule has 0 bridgehead atoms. The molecule has 0 radical (unpaired) electrons. The summed E-state index contributed by atoms with van der Waals surface area (Å²) in [5.41, 5.74) is 9.08. The summed E-state index contributed by atoms with van der Waals surface area (Å²) in [6.45, 7) is 6.55. The monoisotopic (exact) mass is 577 g/mol. The van der Waals surface area contributed by atoms with E-state index in [0.29, 0.717) is 6.54 Å². The maximum Gasteiger partial charge on any atom is 0.219 e. The van der Waals surface area contributed by atoms with Gasteiger partial charge >= 0.3 is 0 Å². The number of hydrogen-bond donors (Lipinski definition) is 1. The zero-order valence-corrected chi connectivity index (χ0v) is 24.8. The molecule has 1 saturated heterocycles. The summed E-state index contributed by atoms with van der Waals surface area (Å²) in [6.07, 6.45) is 3.67. The van der Waals surface area contributed by atoms with Gasteiger partial charge in [-0.15, -0.1) is 0 Å². The van der Waals surface area contributed by atoms with Gasteiger partial charge in [-0.25, -0.2) is 13.4 Å². The van der Waals surface area contributed by atoms with Gasteiger partial charge in [-0.05, 0) is 72.1 Å². The molecular formula is C34H35N5O2S. The van der Waals surface area contributed by atoms with Crippen molar-refractivity contribution in [1.29, 1.82) is 0 Å². The van der Waals surface area contributed by atoms with E-state index >= 15 is 0 Å². The molecule has 0 saturated carbocycles. The van der Waals surface area contributed by atoms with Crippen LogP contribution in [0, 0.1) is 6.92 Å². The first-order chi connectivity index (χ1) is 20.4. The van der Waals surface area contributed by atoms with Crippen molar-refractivity contribution >= 4 is 26.7 Å². The van der Waals surface area contributed by atoms with E-state index in [1.54, 1.807) is 10.5 Å². The standard InChI is InChI=1S/C34H35N5O2S/c1-24-5-7-25(8-6-24)23-42(40,41)39-22-28-10-9-27(26-11-13-29(14-12-26)38-18-16-37(2)17-19-38)20-31(28)33(39)32-21-36-34-30(32)4-3-15-35-34/h3-15,20-21,33H,16-19,22-23H2,1-2H3,(H,35,36)/t33-/m1/s1. The first-order valence-corrected chi connectivity index (χ1v) is 16.1. The summed E-state index contributed by atoms with van der Waals surface area (Å²) in [6, 6.07) is 26.4. The number of likely N-dealkylation sites (N-methyl/N-ethyl adjacent to an activating group) is 1. The van der Waals surface area contributed by atoms with Crippen LogP contribution in [0.4, 0.5) is 5.69 Å². The van der Waals surface area contributed by atoms with E-state index in [0.717, 1.165) is 76.2 Å². The highest BCUT2D eigenvalue weighted by molar-refractivity contribution is 7.88. The number of sulfonamides is 1. The summed E-state index contributed by atoms with van der Waals surface area (Å²) in [7, 11) is -1.48. The second kappa shape index (κ2) is 10.7. The van der Waals surface area contributed by atoms with E-state index in [4.69, 9.17) is 0 Å². The fourth-order valence-electron chi connectivity index (χ4n) is 6.28. The highest BCUT2D eigenvalue weighted by Gasteiger charge is 2.40. The van der Waals surface area contributed by atoms with Crippen LogP contribution < -0.4 is 4.90 Å². The van der Waals surface area contributed by atoms with Gasteiger partial charge in [0.05, 0.1) is 11.8 Å². The second-order valence-corrected chi connectivity index (χ2v) is 13.5. The van der Waals surface area contributed by atoms with Crippen LogP contribution in [0.25, 0.3) is 22.2 Å². The Balaban J connectivity index is 1.26. The number of rotatable bonds is 6. The maximum atomic E-state index is 14.1. The number of hydrogen-bond acceptors (Lipinski definition) is 5. The molecule has 42 heavy (non-hydrogen) atoms. The number of aryl methyl sites for hydroxylation is 1. The first-order valence-electron chi connectivity index (χ1n) is 14.5. The Morgan fingerprint density at radius 2 is 1.62 bits per heavy atom. The summed E-state index contributed by atoms with van der Waals surface area (Å²) in [4.78, 5) is 12.5. The topological polar surface area (TPSA) is 72.5 Å². The molecule has 0 unspecified atom stereocenters. The van der Waals surface area contributed by atoms with E-state index in [2.05, 4.69) is 69.3 Å². The highest BCUT2D eigenvalue weighted by Crippen LogP contribution is 2.44. The molecule has 1 N–H and O–H groups in total. The molecule has 1 fully saturated rings. The minimum atomic E-state index is -3.65. The number of H-pyrrole nitrogens is 1. The van der Waals surface area contributed by atoms with Crippen molar-refractivity contribution in [1.82, 2.24) is 19.2 Å². The van der Waals surface area contributed by atoms with E-state index < -0.39 is 16.1 Å². The van der Waals surface area contributed by atoms with Crippen LogP contribution in [-0.2, 0) is 22.3 Å². The van der Waals surface area contributed by atoms with Crippen LogP contribution in [0.3, 0.4) is 0 Å². The second-order valence-electron chi connectivity index (χ2n) is 11.6. The largest absolute Gasteiger partial charge is 0.369 e. The lowest BCUT2D eigenvalue weighted by atomic mass is 9.94. The predicted octanol–water partition coefficient (Wildman–Crippen LogP) is 5.73. The van der Waals surface area contributed by atoms with Crippen LogP contribution in [0.5, 0.6) is 0 Å². The van der Waals surface area contributed by atoms with Crippen molar-refractivity contribution < 1.29 is 8.42 Å². The third-order valence-electron chi connectivity index (χ3n) is 8.73. The van der Waals surface area contributed by atoms with Crippen LogP contribution in [-0.4, -0.2) is 60.8 Å². The van der Waals surface area contributed by atoms with Gasteiger partial charge in [-0.3, -0.25) is 0 Å². The van der Waals surface area contributed by atoms with Gasteiger partial charge in [0.2, 0.25) is 10.0 Å². The molecule has 214 valence electrons. The number of fused-ring (bicyclic) bond motifs is 2. The molecule has 2 aliphatic rings. The molecule has 2 aliphatic heterocycles. The van der Waals surface area contributed by atoms with Gasteiger partial charge in [0.25, 0.3) is 0 Å². The molecule has 7 rings (SSSR count). The third kappa shape index (κ3) is 5.00. The lowest BCUT2D eigenvalue weighted by Gasteiger charge is -2.34. The molecule has 8 heteroatoms. The Labute approximate surface area is 247 Å². The van der Waals surface area contributed by atoms with Crippen molar-refractivity contribution in [3.8, 4) is 11.1 Å². The normalized spacial score (nSPS) is 18.0. The van der Waals surface area contributed by atoms with Crippen LogP contribution in [0.2, 0.25) is 0 Å². The maximum absolute atomic E-state index is 14.1. The Morgan fingerprint density at radius 3 is 2.38 bits per heavy atom. The van der Waals surface area contributed by atoms with Gasteiger partial charge in [-0.1, -0.05) is 54.1 Å². The quantitative estimate of drug-likeness (QED) is 0.279. The fourth-order valence-corrected chi connectivity index (χ4v) is 7.94. The van der Waals surface area contributed by atoms with E-state index in [1.165, 1.54) is 5.69 Å². The van der Waals surface area contributed by atoms with Crippen molar-refractivity contribution in [3.63, 3.8) is 0 Å².